The third-order valence-corrected chi connectivity index (χ3v) is 5.88. The van der Waals surface area contributed by atoms with Crippen molar-refractivity contribution >= 4 is 31.4 Å². The van der Waals surface area contributed by atoms with Gasteiger partial charge in [0.15, 0.2) is 0 Å². The van der Waals surface area contributed by atoms with Gasteiger partial charge in [-0.25, -0.2) is 0 Å². The molecule has 0 amide bonds. The van der Waals surface area contributed by atoms with Gasteiger partial charge in [0.2, 0.25) is 0 Å². The van der Waals surface area contributed by atoms with Crippen molar-refractivity contribution in [2.24, 2.45) is 0 Å². The second-order valence-electron chi connectivity index (χ2n) is 4.86. The zero-order valence-corrected chi connectivity index (χ0v) is 13.7. The average Bonchev–Trinajstić information content (AvgIpc) is 3.08. The molecule has 22 heavy (non-hydrogen) atoms. The fraction of sp³-hybridized carbons (Fsp3) is 0.188. The second-order valence-corrected chi connectivity index (χ2v) is 6.96. The van der Waals surface area contributed by atoms with Gasteiger partial charge in [-0.1, -0.05) is 0 Å². The van der Waals surface area contributed by atoms with Gasteiger partial charge in [0.25, 0.3) is 0 Å². The zero-order chi connectivity index (χ0) is 15.9. The van der Waals surface area contributed by atoms with E-state index in [9.17, 15) is 15.2 Å². The molecule has 2 aromatic heterocycles. The van der Waals surface area contributed by atoms with E-state index in [2.05, 4.69) is 11.1 Å². The number of nitrogens with zero attached hydrogens (tertiary/aromatic N) is 2. The molecule has 3 rings (SSSR count). The summed E-state index contributed by atoms with van der Waals surface area (Å²) >= 11 is -0.354. The SMILES string of the molecule is CCc1cc2cc(-c3nc(C)c(C(=O)O)[se]3)cc(C#N)c2o1. The molecule has 0 saturated heterocycles. The summed E-state index contributed by atoms with van der Waals surface area (Å²) in [5.74, 6) is -0.0996. The Morgan fingerprint density at radius 2 is 2.23 bits per heavy atom. The van der Waals surface area contributed by atoms with Crippen LogP contribution in [-0.2, 0) is 6.42 Å². The van der Waals surface area contributed by atoms with Gasteiger partial charge in [-0.2, -0.15) is 0 Å². The summed E-state index contributed by atoms with van der Waals surface area (Å²) < 4.78 is 6.78. The van der Waals surface area contributed by atoms with Crippen LogP contribution in [0.5, 0.6) is 0 Å². The number of carboxylic acid groups (broad SMARTS) is 1. The fourth-order valence-corrected chi connectivity index (χ4v) is 4.18. The number of fused-ring (bicyclic) bond motifs is 1. The van der Waals surface area contributed by atoms with E-state index in [1.54, 1.807) is 13.0 Å². The number of hydrogen-bond acceptors (Lipinski definition) is 4. The number of furan rings is 1. The van der Waals surface area contributed by atoms with Gasteiger partial charge in [0.05, 0.1) is 0 Å². The Hall–Kier alpha value is -2.35. The predicted octanol–water partition coefficient (Wildman–Crippen LogP) is 2.99. The minimum atomic E-state index is -0.922. The molecule has 0 aliphatic heterocycles. The third-order valence-electron chi connectivity index (χ3n) is 3.37. The predicted molar refractivity (Wildman–Crippen MR) is 82.2 cm³/mol. The third kappa shape index (κ3) is 2.35. The van der Waals surface area contributed by atoms with Crippen LogP contribution in [-0.4, -0.2) is 30.6 Å². The van der Waals surface area contributed by atoms with E-state index in [0.29, 0.717) is 21.3 Å². The Balaban J connectivity index is 2.21. The van der Waals surface area contributed by atoms with Crippen LogP contribution in [0.2, 0.25) is 0 Å². The van der Waals surface area contributed by atoms with Gasteiger partial charge in [-0.05, 0) is 0 Å². The topological polar surface area (TPSA) is 87.1 Å². The van der Waals surface area contributed by atoms with Gasteiger partial charge in [-0.15, -0.1) is 0 Å². The van der Waals surface area contributed by atoms with Crippen LogP contribution in [0.15, 0.2) is 22.6 Å². The number of carbonyl (C=O) groups is 1. The van der Waals surface area contributed by atoms with Crippen LogP contribution in [0.4, 0.5) is 0 Å². The van der Waals surface area contributed by atoms with E-state index >= 15 is 0 Å². The molecule has 0 spiro atoms. The Labute approximate surface area is 132 Å². The van der Waals surface area contributed by atoms with E-state index in [-0.39, 0.29) is 14.5 Å². The van der Waals surface area contributed by atoms with Crippen molar-refractivity contribution < 1.29 is 14.3 Å². The van der Waals surface area contributed by atoms with Crippen molar-refractivity contribution in [1.29, 1.82) is 5.26 Å². The zero-order valence-electron chi connectivity index (χ0n) is 12.0. The molecule has 1 N–H and O–H groups in total. The van der Waals surface area contributed by atoms with Gasteiger partial charge in [-0.3, -0.25) is 0 Å². The summed E-state index contributed by atoms with van der Waals surface area (Å²) in [6.45, 7) is 3.69. The minimum absolute atomic E-state index is 0.354. The molecule has 0 atom stereocenters. The van der Waals surface area contributed by atoms with Gasteiger partial charge in [0, 0.05) is 0 Å². The van der Waals surface area contributed by atoms with Crippen LogP contribution in [0, 0.1) is 18.3 Å². The van der Waals surface area contributed by atoms with Crippen molar-refractivity contribution in [3.8, 4) is 16.2 Å². The number of aromatic nitrogens is 1. The molecule has 110 valence electrons. The standard InChI is InChI=1S/C16H12N2O3Se/c1-3-12-6-9-4-10(5-11(7-17)13(9)21-12)15-18-8(2)14(22-15)16(19)20/h4-6H,3H2,1-2H3,(H,19,20). The van der Waals surface area contributed by atoms with Crippen molar-refractivity contribution in [3.63, 3.8) is 0 Å². The first-order chi connectivity index (χ1) is 10.5. The van der Waals surface area contributed by atoms with E-state index in [0.717, 1.165) is 27.7 Å². The van der Waals surface area contributed by atoms with Gasteiger partial charge < -0.3 is 0 Å². The molecular weight excluding hydrogens is 347 g/mol. The maximum absolute atomic E-state index is 11.2. The van der Waals surface area contributed by atoms with Crippen LogP contribution < -0.4 is 0 Å². The van der Waals surface area contributed by atoms with Crippen molar-refractivity contribution in [2.75, 3.05) is 0 Å². The van der Waals surface area contributed by atoms with E-state index < -0.39 is 5.97 Å². The first kappa shape index (κ1) is 14.6. The Kier molecular flexibility index (Phi) is 3.61. The van der Waals surface area contributed by atoms with Crippen LogP contribution >= 0.6 is 0 Å². The molecule has 5 nitrogen and oxygen atoms in total. The maximum atomic E-state index is 11.2. The molecule has 1 aromatic carbocycles. The molecule has 6 heteroatoms. The Bertz CT molecular complexity index is 931. The van der Waals surface area contributed by atoms with Crippen molar-refractivity contribution in [2.45, 2.75) is 20.3 Å². The Morgan fingerprint density at radius 1 is 1.45 bits per heavy atom. The molecule has 0 aliphatic carbocycles. The molecule has 0 fully saturated rings. The molecule has 0 radical (unpaired) electrons. The average molecular weight is 359 g/mol. The number of hydrogen-bond donors (Lipinski definition) is 1. The number of nitriles is 1. The molecule has 0 bridgehead atoms. The van der Waals surface area contributed by atoms with Crippen LogP contribution in [0.3, 0.4) is 0 Å². The fourth-order valence-electron chi connectivity index (χ4n) is 2.31. The van der Waals surface area contributed by atoms with E-state index in [4.69, 9.17) is 4.42 Å². The van der Waals surface area contributed by atoms with Crippen molar-refractivity contribution in [1.82, 2.24) is 4.98 Å². The summed E-state index contributed by atoms with van der Waals surface area (Å²) in [6, 6.07) is 7.70. The number of rotatable bonds is 3. The second kappa shape index (κ2) is 5.45. The van der Waals surface area contributed by atoms with Crippen LogP contribution in [0.25, 0.3) is 21.1 Å². The number of aromatic carboxylic acids is 1. The molecule has 0 unspecified atom stereocenters. The summed E-state index contributed by atoms with van der Waals surface area (Å²) in [5, 5.41) is 19.4. The van der Waals surface area contributed by atoms with E-state index in [1.165, 1.54) is 0 Å². The first-order valence-electron chi connectivity index (χ1n) is 6.71. The molecule has 0 aliphatic rings. The summed E-state index contributed by atoms with van der Waals surface area (Å²) in [4.78, 5) is 15.6. The summed E-state index contributed by atoms with van der Waals surface area (Å²) in [6.07, 6.45) is 0.754. The quantitative estimate of drug-likeness (QED) is 0.727. The monoisotopic (exact) mass is 360 g/mol. The number of benzene rings is 1. The molecule has 2 heterocycles. The van der Waals surface area contributed by atoms with Gasteiger partial charge in [0.1, 0.15) is 0 Å². The first-order valence-corrected chi connectivity index (χ1v) is 8.42. The van der Waals surface area contributed by atoms with Crippen LogP contribution in [0.1, 0.15) is 33.2 Å². The van der Waals surface area contributed by atoms with E-state index in [1.807, 2.05) is 19.1 Å². The summed E-state index contributed by atoms with van der Waals surface area (Å²) in [7, 11) is 0. The normalized spacial score (nSPS) is 10.8. The Morgan fingerprint density at radius 3 is 2.82 bits per heavy atom. The number of aryl methyl sites for hydroxylation is 2. The molecule has 0 saturated carbocycles. The molecular formula is C16H12N2O3Se. The molecule has 3 aromatic rings. The van der Waals surface area contributed by atoms with Gasteiger partial charge >= 0.3 is 132 Å². The van der Waals surface area contributed by atoms with Crippen molar-refractivity contribution in [3.05, 3.63) is 39.7 Å². The number of carboxylic acids is 1. The summed E-state index contributed by atoms with van der Waals surface area (Å²) in [5.41, 5.74) is 2.37.